The standard InChI is InChI=1S/C10H12N4O/c1-13-5-2-3-9(13)7-12-10(15)14-6-4-11-8-14/h2-6,8H,7H2,1H3,(H,12,15). The largest absolute Gasteiger partial charge is 0.353 e. The van der Waals surface area contributed by atoms with Crippen molar-refractivity contribution in [3.8, 4) is 0 Å². The van der Waals surface area contributed by atoms with Crippen LogP contribution in [-0.2, 0) is 13.6 Å². The number of hydrogen-bond acceptors (Lipinski definition) is 2. The molecule has 1 N–H and O–H groups in total. The Morgan fingerprint density at radius 2 is 2.40 bits per heavy atom. The summed E-state index contributed by atoms with van der Waals surface area (Å²) < 4.78 is 3.37. The molecule has 5 heteroatoms. The summed E-state index contributed by atoms with van der Waals surface area (Å²) in [6, 6.07) is 3.74. The number of aryl methyl sites for hydroxylation is 1. The van der Waals surface area contributed by atoms with Crippen LogP contribution in [-0.4, -0.2) is 20.1 Å². The summed E-state index contributed by atoms with van der Waals surface area (Å²) in [5.41, 5.74) is 1.06. The maximum absolute atomic E-state index is 11.5. The Morgan fingerprint density at radius 1 is 1.53 bits per heavy atom. The van der Waals surface area contributed by atoms with Crippen molar-refractivity contribution in [1.82, 2.24) is 19.4 Å². The van der Waals surface area contributed by atoms with Gasteiger partial charge in [0.05, 0.1) is 6.54 Å². The van der Waals surface area contributed by atoms with Gasteiger partial charge in [0, 0.05) is 31.3 Å². The number of nitrogens with one attached hydrogen (secondary N) is 1. The molecule has 2 aromatic rings. The van der Waals surface area contributed by atoms with E-state index < -0.39 is 0 Å². The fourth-order valence-electron chi connectivity index (χ4n) is 1.32. The van der Waals surface area contributed by atoms with E-state index in [2.05, 4.69) is 10.3 Å². The Kier molecular flexibility index (Phi) is 2.53. The molecule has 0 aromatic carbocycles. The van der Waals surface area contributed by atoms with Crippen molar-refractivity contribution in [2.24, 2.45) is 7.05 Å². The van der Waals surface area contributed by atoms with E-state index in [0.717, 1.165) is 5.69 Å². The van der Waals surface area contributed by atoms with Crippen LogP contribution < -0.4 is 5.32 Å². The second kappa shape index (κ2) is 4.00. The summed E-state index contributed by atoms with van der Waals surface area (Å²) in [5.74, 6) is 0. The van der Waals surface area contributed by atoms with Crippen molar-refractivity contribution in [2.45, 2.75) is 6.54 Å². The van der Waals surface area contributed by atoms with Gasteiger partial charge in [0.25, 0.3) is 0 Å². The normalized spacial score (nSPS) is 10.2. The van der Waals surface area contributed by atoms with E-state index in [0.29, 0.717) is 6.54 Å². The molecule has 0 unspecified atom stereocenters. The van der Waals surface area contributed by atoms with Crippen molar-refractivity contribution in [1.29, 1.82) is 0 Å². The van der Waals surface area contributed by atoms with Gasteiger partial charge in [-0.25, -0.2) is 9.78 Å². The molecule has 1 amide bonds. The first kappa shape index (κ1) is 9.51. The predicted molar refractivity (Wildman–Crippen MR) is 55.3 cm³/mol. The zero-order chi connectivity index (χ0) is 10.7. The molecule has 2 heterocycles. The van der Waals surface area contributed by atoms with Crippen LogP contribution in [0.25, 0.3) is 0 Å². The fourth-order valence-corrected chi connectivity index (χ4v) is 1.32. The lowest BCUT2D eigenvalue weighted by molar-refractivity contribution is 0.241. The zero-order valence-corrected chi connectivity index (χ0v) is 8.42. The lowest BCUT2D eigenvalue weighted by Gasteiger charge is -2.05. The Hall–Kier alpha value is -2.04. The van der Waals surface area contributed by atoms with Crippen LogP contribution in [0.3, 0.4) is 0 Å². The molecule has 0 atom stereocenters. The minimum Gasteiger partial charge on any atom is -0.353 e. The lowest BCUT2D eigenvalue weighted by Crippen LogP contribution is -2.27. The number of hydrogen-bond donors (Lipinski definition) is 1. The third-order valence-electron chi connectivity index (χ3n) is 2.21. The smallest absolute Gasteiger partial charge is 0.327 e. The number of nitrogens with zero attached hydrogens (tertiary/aromatic N) is 3. The van der Waals surface area contributed by atoms with E-state index in [-0.39, 0.29) is 6.03 Å². The van der Waals surface area contributed by atoms with Gasteiger partial charge in [0.15, 0.2) is 0 Å². The number of carbonyl (C=O) groups excluding carboxylic acids is 1. The highest BCUT2D eigenvalue weighted by Crippen LogP contribution is 1.98. The summed E-state index contributed by atoms with van der Waals surface area (Å²) >= 11 is 0. The van der Waals surface area contributed by atoms with Crippen LogP contribution in [0.5, 0.6) is 0 Å². The molecular weight excluding hydrogens is 192 g/mol. The minimum absolute atomic E-state index is 0.172. The molecular formula is C10H12N4O. The summed E-state index contributed by atoms with van der Waals surface area (Å²) in [6.45, 7) is 0.514. The number of amides is 1. The van der Waals surface area contributed by atoms with Crippen molar-refractivity contribution in [2.75, 3.05) is 0 Å². The molecule has 0 radical (unpaired) electrons. The van der Waals surface area contributed by atoms with Gasteiger partial charge < -0.3 is 9.88 Å². The molecule has 0 fully saturated rings. The predicted octanol–water partition coefficient (Wildman–Crippen LogP) is 0.980. The van der Waals surface area contributed by atoms with Crippen LogP contribution in [0, 0.1) is 0 Å². The van der Waals surface area contributed by atoms with Crippen LogP contribution in [0.15, 0.2) is 37.1 Å². The first-order valence-corrected chi connectivity index (χ1v) is 4.64. The third kappa shape index (κ3) is 2.07. The average Bonchev–Trinajstić information content (AvgIpc) is 2.85. The topological polar surface area (TPSA) is 51.9 Å². The van der Waals surface area contributed by atoms with Gasteiger partial charge in [-0.1, -0.05) is 0 Å². The average molecular weight is 204 g/mol. The highest BCUT2D eigenvalue weighted by Gasteiger charge is 2.03. The molecule has 2 rings (SSSR count). The summed E-state index contributed by atoms with van der Waals surface area (Å²) in [6.07, 6.45) is 6.60. The summed E-state index contributed by atoms with van der Waals surface area (Å²) in [5, 5.41) is 2.79. The minimum atomic E-state index is -0.172. The van der Waals surface area contributed by atoms with Gasteiger partial charge in [0.2, 0.25) is 0 Å². The summed E-state index contributed by atoms with van der Waals surface area (Å²) in [4.78, 5) is 15.3. The molecule has 0 bridgehead atoms. The Morgan fingerprint density at radius 3 is 3.00 bits per heavy atom. The maximum Gasteiger partial charge on any atom is 0.327 e. The lowest BCUT2D eigenvalue weighted by atomic mass is 10.4. The van der Waals surface area contributed by atoms with E-state index in [9.17, 15) is 4.79 Å². The van der Waals surface area contributed by atoms with E-state index in [1.807, 2.05) is 29.9 Å². The number of aromatic nitrogens is 3. The molecule has 2 aromatic heterocycles. The van der Waals surface area contributed by atoms with Crippen LogP contribution in [0.1, 0.15) is 5.69 Å². The van der Waals surface area contributed by atoms with Crippen molar-refractivity contribution >= 4 is 6.03 Å². The number of carbonyl (C=O) groups is 1. The van der Waals surface area contributed by atoms with Gasteiger partial charge in [-0.2, -0.15) is 0 Å². The van der Waals surface area contributed by atoms with E-state index in [1.165, 1.54) is 10.9 Å². The fraction of sp³-hybridized carbons (Fsp3) is 0.200. The zero-order valence-electron chi connectivity index (χ0n) is 8.42. The summed E-state index contributed by atoms with van der Waals surface area (Å²) in [7, 11) is 1.94. The van der Waals surface area contributed by atoms with Crippen LogP contribution >= 0.6 is 0 Å². The van der Waals surface area contributed by atoms with Gasteiger partial charge in [0.1, 0.15) is 6.33 Å². The van der Waals surface area contributed by atoms with Gasteiger partial charge >= 0.3 is 6.03 Å². The van der Waals surface area contributed by atoms with Crippen LogP contribution in [0.4, 0.5) is 4.79 Å². The molecule has 0 saturated carbocycles. The molecule has 0 aliphatic carbocycles. The molecule has 0 saturated heterocycles. The highest BCUT2D eigenvalue weighted by atomic mass is 16.2. The molecule has 0 aliphatic rings. The first-order valence-electron chi connectivity index (χ1n) is 4.64. The molecule has 0 aliphatic heterocycles. The molecule has 78 valence electrons. The van der Waals surface area contributed by atoms with E-state index in [1.54, 1.807) is 12.4 Å². The first-order chi connectivity index (χ1) is 7.27. The van der Waals surface area contributed by atoms with Gasteiger partial charge in [-0.3, -0.25) is 4.57 Å². The van der Waals surface area contributed by atoms with Crippen LogP contribution in [0.2, 0.25) is 0 Å². The Bertz CT molecular complexity index is 444. The highest BCUT2D eigenvalue weighted by molar-refractivity contribution is 5.76. The van der Waals surface area contributed by atoms with E-state index >= 15 is 0 Å². The molecule has 0 spiro atoms. The van der Waals surface area contributed by atoms with Gasteiger partial charge in [-0.05, 0) is 12.1 Å². The van der Waals surface area contributed by atoms with E-state index in [4.69, 9.17) is 0 Å². The second-order valence-corrected chi connectivity index (χ2v) is 3.24. The van der Waals surface area contributed by atoms with Crippen molar-refractivity contribution < 1.29 is 4.79 Å². The Labute approximate surface area is 87.4 Å². The van der Waals surface area contributed by atoms with Crippen molar-refractivity contribution in [3.63, 3.8) is 0 Å². The molecule has 15 heavy (non-hydrogen) atoms. The second-order valence-electron chi connectivity index (χ2n) is 3.24. The number of imidazole rings is 1. The maximum atomic E-state index is 11.5. The quantitative estimate of drug-likeness (QED) is 0.792. The Balaban J connectivity index is 1.95. The molecule has 5 nitrogen and oxygen atoms in total. The SMILES string of the molecule is Cn1cccc1CNC(=O)n1ccnc1. The van der Waals surface area contributed by atoms with Crippen molar-refractivity contribution in [3.05, 3.63) is 42.7 Å². The van der Waals surface area contributed by atoms with Gasteiger partial charge in [-0.15, -0.1) is 0 Å². The monoisotopic (exact) mass is 204 g/mol. The third-order valence-corrected chi connectivity index (χ3v) is 2.21. The number of rotatable bonds is 2.